The van der Waals surface area contributed by atoms with Crippen molar-refractivity contribution in [3.05, 3.63) is 23.0 Å². The molecule has 0 aliphatic heterocycles. The number of carbonyl (C=O) groups is 1. The molecule has 2 heterocycles. The van der Waals surface area contributed by atoms with E-state index in [1.165, 1.54) is 11.3 Å². The molecule has 0 fully saturated rings. The Bertz CT molecular complexity index is 632. The number of halogens is 2. The summed E-state index contributed by atoms with van der Waals surface area (Å²) in [5.41, 5.74) is 1.67. The van der Waals surface area contributed by atoms with E-state index in [0.29, 0.717) is 24.6 Å². The maximum absolute atomic E-state index is 12.2. The molecule has 2 aromatic heterocycles. The molecule has 0 unspecified atom stereocenters. The summed E-state index contributed by atoms with van der Waals surface area (Å²) < 4.78 is 6.66. The summed E-state index contributed by atoms with van der Waals surface area (Å²) in [4.78, 5) is 17.3. The number of aryl methyl sites for hydroxylation is 2. The molecule has 1 amide bonds. The van der Waals surface area contributed by atoms with Gasteiger partial charge in [-0.05, 0) is 6.92 Å². The van der Waals surface area contributed by atoms with Crippen molar-refractivity contribution < 1.29 is 9.53 Å². The summed E-state index contributed by atoms with van der Waals surface area (Å²) in [5.74, 6) is -0.0846. The van der Waals surface area contributed by atoms with Crippen molar-refractivity contribution in [3.8, 4) is 10.6 Å². The average Bonchev–Trinajstić information content (AvgIpc) is 3.08. The van der Waals surface area contributed by atoms with E-state index in [0.717, 1.165) is 22.8 Å². The van der Waals surface area contributed by atoms with Crippen molar-refractivity contribution in [1.82, 2.24) is 25.4 Å². The van der Waals surface area contributed by atoms with Gasteiger partial charge in [-0.15, -0.1) is 36.2 Å². The van der Waals surface area contributed by atoms with E-state index < -0.39 is 0 Å². The van der Waals surface area contributed by atoms with E-state index in [4.69, 9.17) is 4.74 Å². The van der Waals surface area contributed by atoms with Crippen molar-refractivity contribution in [2.24, 2.45) is 7.05 Å². The number of nitrogens with one attached hydrogen (secondary N) is 2. The van der Waals surface area contributed by atoms with Gasteiger partial charge in [-0.1, -0.05) is 0 Å². The topological polar surface area (TPSA) is 81.1 Å². The van der Waals surface area contributed by atoms with Crippen LogP contribution in [0.3, 0.4) is 0 Å². The van der Waals surface area contributed by atoms with Gasteiger partial charge in [-0.25, -0.2) is 4.98 Å². The van der Waals surface area contributed by atoms with E-state index in [9.17, 15) is 4.79 Å². The maximum atomic E-state index is 12.2. The summed E-state index contributed by atoms with van der Waals surface area (Å²) in [7, 11) is 3.52. The molecule has 2 aromatic rings. The first-order valence-electron chi connectivity index (χ1n) is 7.06. The molecule has 0 aliphatic rings. The lowest BCUT2D eigenvalue weighted by atomic mass is 10.3. The molecule has 0 atom stereocenters. The van der Waals surface area contributed by atoms with Crippen LogP contribution >= 0.6 is 36.2 Å². The Morgan fingerprint density at radius 3 is 2.71 bits per heavy atom. The summed E-state index contributed by atoms with van der Waals surface area (Å²) in [6.45, 7) is 4.57. The lowest BCUT2D eigenvalue weighted by molar-refractivity contribution is 0.0957. The standard InChI is InChI=1S/C14H21N5O2S.2ClH/c1-10-12(13(20)16-5-4-15-6-7-21-3)22-14(18-10)11-8-17-19(2)9-11;;/h8-9,15H,4-7H2,1-3H3,(H,16,20);2*1H. The minimum Gasteiger partial charge on any atom is -0.383 e. The monoisotopic (exact) mass is 395 g/mol. The number of hydrogen-bond acceptors (Lipinski definition) is 6. The first-order valence-corrected chi connectivity index (χ1v) is 7.87. The number of carbonyl (C=O) groups excluding carboxylic acids is 1. The van der Waals surface area contributed by atoms with E-state index in [1.54, 1.807) is 18.0 Å². The van der Waals surface area contributed by atoms with Crippen molar-refractivity contribution in [2.75, 3.05) is 33.4 Å². The van der Waals surface area contributed by atoms with E-state index >= 15 is 0 Å². The van der Waals surface area contributed by atoms with E-state index in [1.807, 2.05) is 20.2 Å². The molecule has 0 aromatic carbocycles. The molecule has 24 heavy (non-hydrogen) atoms. The second kappa shape index (κ2) is 11.4. The van der Waals surface area contributed by atoms with Gasteiger partial charge in [0.15, 0.2) is 0 Å². The third kappa shape index (κ3) is 6.37. The number of amides is 1. The molecule has 136 valence electrons. The summed E-state index contributed by atoms with van der Waals surface area (Å²) in [6, 6.07) is 0. The van der Waals surface area contributed by atoms with Crippen LogP contribution in [0.2, 0.25) is 0 Å². The van der Waals surface area contributed by atoms with Crippen LogP contribution in [-0.4, -0.2) is 54.0 Å². The van der Waals surface area contributed by atoms with Crippen LogP contribution in [0.5, 0.6) is 0 Å². The Kier molecular flexibility index (Phi) is 10.8. The molecule has 2 N–H and O–H groups in total. The highest BCUT2D eigenvalue weighted by molar-refractivity contribution is 7.17. The van der Waals surface area contributed by atoms with Crippen LogP contribution in [0.25, 0.3) is 10.6 Å². The van der Waals surface area contributed by atoms with Gasteiger partial charge >= 0.3 is 0 Å². The van der Waals surface area contributed by atoms with Gasteiger partial charge in [0.1, 0.15) is 9.88 Å². The summed E-state index contributed by atoms with van der Waals surface area (Å²) >= 11 is 1.39. The molecular formula is C14H23Cl2N5O2S. The van der Waals surface area contributed by atoms with Crippen LogP contribution in [-0.2, 0) is 11.8 Å². The Morgan fingerprint density at radius 1 is 1.33 bits per heavy atom. The SMILES string of the molecule is COCCNCCNC(=O)c1sc(-c2cnn(C)c2)nc1C.Cl.Cl. The average molecular weight is 396 g/mol. The minimum atomic E-state index is -0.0846. The van der Waals surface area contributed by atoms with Crippen molar-refractivity contribution in [3.63, 3.8) is 0 Å². The lowest BCUT2D eigenvalue weighted by Gasteiger charge is -2.05. The quantitative estimate of drug-likeness (QED) is 0.664. The second-order valence-corrected chi connectivity index (χ2v) is 5.83. The molecule has 0 bridgehead atoms. The third-order valence-corrected chi connectivity index (χ3v) is 4.23. The van der Waals surface area contributed by atoms with Crippen LogP contribution in [0.1, 0.15) is 15.4 Å². The van der Waals surface area contributed by atoms with Gasteiger partial charge in [-0.2, -0.15) is 5.10 Å². The van der Waals surface area contributed by atoms with Gasteiger partial charge in [0.25, 0.3) is 5.91 Å². The van der Waals surface area contributed by atoms with Crippen molar-refractivity contribution >= 4 is 42.1 Å². The number of nitrogens with zero attached hydrogens (tertiary/aromatic N) is 3. The molecule has 0 saturated carbocycles. The predicted molar refractivity (Wildman–Crippen MR) is 101 cm³/mol. The largest absolute Gasteiger partial charge is 0.383 e. The summed E-state index contributed by atoms with van der Waals surface area (Å²) in [5, 5.41) is 11.0. The van der Waals surface area contributed by atoms with Crippen molar-refractivity contribution in [1.29, 1.82) is 0 Å². The Morgan fingerprint density at radius 2 is 2.08 bits per heavy atom. The first-order chi connectivity index (χ1) is 10.6. The molecule has 2 rings (SSSR count). The molecule has 10 heteroatoms. The minimum absolute atomic E-state index is 0. The normalized spacial score (nSPS) is 9.96. The maximum Gasteiger partial charge on any atom is 0.263 e. The molecule has 0 aliphatic carbocycles. The number of thiazole rings is 1. The van der Waals surface area contributed by atoms with E-state index in [-0.39, 0.29) is 30.7 Å². The Labute approximate surface area is 158 Å². The predicted octanol–water partition coefficient (Wildman–Crippen LogP) is 1.66. The molecule has 0 spiro atoms. The number of aromatic nitrogens is 3. The van der Waals surface area contributed by atoms with Gasteiger partial charge < -0.3 is 15.4 Å². The molecule has 0 saturated heterocycles. The highest BCUT2D eigenvalue weighted by atomic mass is 35.5. The summed E-state index contributed by atoms with van der Waals surface area (Å²) in [6.07, 6.45) is 3.64. The second-order valence-electron chi connectivity index (χ2n) is 4.83. The van der Waals surface area contributed by atoms with E-state index in [2.05, 4.69) is 20.7 Å². The fourth-order valence-corrected chi connectivity index (χ4v) is 2.86. The number of methoxy groups -OCH3 is 1. The zero-order valence-electron chi connectivity index (χ0n) is 13.9. The fourth-order valence-electron chi connectivity index (χ4n) is 1.91. The van der Waals surface area contributed by atoms with Crippen LogP contribution in [0.15, 0.2) is 12.4 Å². The van der Waals surface area contributed by atoms with Gasteiger partial charge in [0.05, 0.1) is 18.5 Å². The van der Waals surface area contributed by atoms with Crippen LogP contribution < -0.4 is 10.6 Å². The zero-order valence-corrected chi connectivity index (χ0v) is 16.3. The first kappa shape index (κ1) is 22.8. The van der Waals surface area contributed by atoms with Crippen LogP contribution in [0.4, 0.5) is 0 Å². The smallest absolute Gasteiger partial charge is 0.263 e. The number of rotatable bonds is 8. The number of hydrogen-bond donors (Lipinski definition) is 2. The molecule has 0 radical (unpaired) electrons. The third-order valence-electron chi connectivity index (χ3n) is 3.02. The Balaban J connectivity index is 0.00000264. The van der Waals surface area contributed by atoms with Crippen LogP contribution in [0, 0.1) is 6.92 Å². The van der Waals surface area contributed by atoms with Crippen molar-refractivity contribution in [2.45, 2.75) is 6.92 Å². The highest BCUT2D eigenvalue weighted by Gasteiger charge is 2.16. The fraction of sp³-hybridized carbons (Fsp3) is 0.500. The molecular weight excluding hydrogens is 373 g/mol. The van der Waals surface area contributed by atoms with Gasteiger partial charge in [-0.3, -0.25) is 9.48 Å². The lowest BCUT2D eigenvalue weighted by Crippen LogP contribution is -2.33. The molecule has 7 nitrogen and oxygen atoms in total. The Hall–Kier alpha value is -1.19. The van der Waals surface area contributed by atoms with Gasteiger partial charge in [0.2, 0.25) is 0 Å². The highest BCUT2D eigenvalue weighted by Crippen LogP contribution is 2.27. The zero-order chi connectivity index (χ0) is 15.9. The number of ether oxygens (including phenoxy) is 1. The van der Waals surface area contributed by atoms with Gasteiger partial charge in [0, 0.05) is 45.6 Å².